The number of aryl methyl sites for hydroxylation is 2. The molecule has 0 aliphatic rings. The molecule has 0 fully saturated rings. The lowest BCUT2D eigenvalue weighted by molar-refractivity contribution is -0.125. The van der Waals surface area contributed by atoms with E-state index in [2.05, 4.69) is 10.4 Å². The van der Waals surface area contributed by atoms with E-state index in [1.54, 1.807) is 41.9 Å². The van der Waals surface area contributed by atoms with Crippen molar-refractivity contribution in [2.24, 2.45) is 7.05 Å². The van der Waals surface area contributed by atoms with E-state index in [1.165, 1.54) is 0 Å². The van der Waals surface area contributed by atoms with Crippen LogP contribution in [0.3, 0.4) is 0 Å². The van der Waals surface area contributed by atoms with Gasteiger partial charge in [-0.05, 0) is 37.6 Å². The molecule has 2 aromatic rings. The molecule has 25 heavy (non-hydrogen) atoms. The van der Waals surface area contributed by atoms with Crippen molar-refractivity contribution < 1.29 is 9.59 Å². The van der Waals surface area contributed by atoms with E-state index in [4.69, 9.17) is 0 Å². The molecule has 1 heterocycles. The third-order valence-electron chi connectivity index (χ3n) is 4.20. The van der Waals surface area contributed by atoms with E-state index in [-0.39, 0.29) is 11.8 Å². The molecule has 1 aromatic carbocycles. The molecule has 1 N–H and O–H groups in total. The number of benzene rings is 1. The summed E-state index contributed by atoms with van der Waals surface area (Å²) in [5.74, 6) is -0.209. The number of amides is 2. The van der Waals surface area contributed by atoms with Gasteiger partial charge in [0.05, 0.1) is 5.69 Å². The molecular weight excluding hydrogens is 316 g/mol. The molecule has 0 aliphatic carbocycles. The Kier molecular flexibility index (Phi) is 5.75. The van der Waals surface area contributed by atoms with E-state index in [9.17, 15) is 9.59 Å². The number of likely N-dealkylation sites (N-methyl/N-ethyl adjacent to an activating group) is 1. The van der Waals surface area contributed by atoms with Crippen LogP contribution in [0.2, 0.25) is 0 Å². The summed E-state index contributed by atoms with van der Waals surface area (Å²) in [5, 5.41) is 6.92. The predicted molar refractivity (Wildman–Crippen MR) is 98.0 cm³/mol. The third kappa shape index (κ3) is 4.35. The van der Waals surface area contributed by atoms with Crippen LogP contribution in [0, 0.1) is 13.8 Å². The first-order valence-corrected chi connectivity index (χ1v) is 8.08. The number of carbonyl (C=O) groups excluding carboxylic acids is 2. The van der Waals surface area contributed by atoms with Gasteiger partial charge in [0.2, 0.25) is 5.91 Å². The Hall–Kier alpha value is -2.89. The average Bonchev–Trinajstić information content (AvgIpc) is 2.84. The van der Waals surface area contributed by atoms with E-state index >= 15 is 0 Å². The SMILES string of the molecule is CNC(=O)c1ccc(CN(C)C(=O)/C=C/c2c(C)nn(C)c2C)cc1. The Labute approximate surface area is 148 Å². The zero-order chi connectivity index (χ0) is 18.6. The van der Waals surface area contributed by atoms with Crippen molar-refractivity contribution in [3.63, 3.8) is 0 Å². The van der Waals surface area contributed by atoms with Gasteiger partial charge in [-0.3, -0.25) is 14.3 Å². The van der Waals surface area contributed by atoms with Gasteiger partial charge in [0.1, 0.15) is 0 Å². The van der Waals surface area contributed by atoms with Crippen LogP contribution < -0.4 is 5.32 Å². The van der Waals surface area contributed by atoms with Gasteiger partial charge in [0.25, 0.3) is 5.91 Å². The van der Waals surface area contributed by atoms with E-state index in [0.717, 1.165) is 22.5 Å². The molecular formula is C19H24N4O2. The molecule has 6 heteroatoms. The maximum atomic E-state index is 12.3. The molecule has 0 radical (unpaired) electrons. The quantitative estimate of drug-likeness (QED) is 0.847. The molecule has 0 unspecified atom stereocenters. The standard InChI is InChI=1S/C19H24N4O2/c1-13-17(14(2)23(5)21-13)10-11-18(24)22(4)12-15-6-8-16(9-7-15)19(25)20-3/h6-11H,12H2,1-5H3,(H,20,25)/b11-10+. The highest BCUT2D eigenvalue weighted by molar-refractivity contribution is 5.94. The summed E-state index contributed by atoms with van der Waals surface area (Å²) in [6.07, 6.45) is 3.38. The fourth-order valence-corrected chi connectivity index (χ4v) is 2.57. The molecule has 0 aliphatic heterocycles. The van der Waals surface area contributed by atoms with Crippen molar-refractivity contribution in [1.29, 1.82) is 0 Å². The Morgan fingerprint density at radius 1 is 1.24 bits per heavy atom. The minimum absolute atomic E-state index is 0.0852. The second-order valence-corrected chi connectivity index (χ2v) is 6.01. The molecule has 0 bridgehead atoms. The number of rotatable bonds is 5. The van der Waals surface area contributed by atoms with Gasteiger partial charge < -0.3 is 10.2 Å². The summed E-state index contributed by atoms with van der Waals surface area (Å²) in [7, 11) is 5.24. The predicted octanol–water partition coefficient (Wildman–Crippen LogP) is 2.07. The molecule has 2 rings (SSSR count). The first-order chi connectivity index (χ1) is 11.8. The second-order valence-electron chi connectivity index (χ2n) is 6.01. The average molecular weight is 340 g/mol. The lowest BCUT2D eigenvalue weighted by Gasteiger charge is -2.15. The first-order valence-electron chi connectivity index (χ1n) is 8.08. The summed E-state index contributed by atoms with van der Waals surface area (Å²) in [6, 6.07) is 7.22. The molecule has 6 nitrogen and oxygen atoms in total. The minimum Gasteiger partial charge on any atom is -0.355 e. The van der Waals surface area contributed by atoms with Crippen LogP contribution in [-0.4, -0.2) is 40.6 Å². The van der Waals surface area contributed by atoms with E-state index in [1.807, 2.05) is 39.1 Å². The Morgan fingerprint density at radius 3 is 2.40 bits per heavy atom. The zero-order valence-electron chi connectivity index (χ0n) is 15.3. The van der Waals surface area contributed by atoms with Crippen molar-refractivity contribution in [3.8, 4) is 0 Å². The normalized spacial score (nSPS) is 10.9. The lowest BCUT2D eigenvalue weighted by atomic mass is 10.1. The lowest BCUT2D eigenvalue weighted by Crippen LogP contribution is -2.24. The molecule has 0 saturated heterocycles. The monoisotopic (exact) mass is 340 g/mol. The summed E-state index contributed by atoms with van der Waals surface area (Å²) >= 11 is 0. The van der Waals surface area contributed by atoms with Crippen LogP contribution in [0.15, 0.2) is 30.3 Å². The van der Waals surface area contributed by atoms with Gasteiger partial charge in [-0.25, -0.2) is 0 Å². The highest BCUT2D eigenvalue weighted by Gasteiger charge is 2.10. The molecule has 2 amide bonds. The summed E-state index contributed by atoms with van der Waals surface area (Å²) < 4.78 is 1.80. The van der Waals surface area contributed by atoms with Gasteiger partial charge >= 0.3 is 0 Å². The van der Waals surface area contributed by atoms with Gasteiger partial charge in [-0.1, -0.05) is 12.1 Å². The summed E-state index contributed by atoms with van der Waals surface area (Å²) in [5.41, 5.74) is 4.46. The number of aromatic nitrogens is 2. The van der Waals surface area contributed by atoms with Crippen molar-refractivity contribution in [1.82, 2.24) is 20.0 Å². The summed E-state index contributed by atoms with van der Waals surface area (Å²) in [6.45, 7) is 4.37. The highest BCUT2D eigenvalue weighted by atomic mass is 16.2. The van der Waals surface area contributed by atoms with Crippen LogP contribution in [0.1, 0.15) is 32.9 Å². The Bertz CT molecular complexity index is 804. The molecule has 1 aromatic heterocycles. The number of carbonyl (C=O) groups is 2. The van der Waals surface area contributed by atoms with Gasteiger partial charge in [0, 0.05) is 50.6 Å². The number of nitrogens with zero attached hydrogens (tertiary/aromatic N) is 3. The maximum Gasteiger partial charge on any atom is 0.251 e. The van der Waals surface area contributed by atoms with Gasteiger partial charge in [-0.2, -0.15) is 5.10 Å². The Balaban J connectivity index is 2.02. The smallest absolute Gasteiger partial charge is 0.251 e. The largest absolute Gasteiger partial charge is 0.355 e. The van der Waals surface area contributed by atoms with Crippen LogP contribution >= 0.6 is 0 Å². The number of hydrogen-bond acceptors (Lipinski definition) is 3. The third-order valence-corrected chi connectivity index (χ3v) is 4.20. The fourth-order valence-electron chi connectivity index (χ4n) is 2.57. The topological polar surface area (TPSA) is 67.2 Å². The summed E-state index contributed by atoms with van der Waals surface area (Å²) in [4.78, 5) is 25.5. The number of nitrogens with one attached hydrogen (secondary N) is 1. The molecule has 0 saturated carbocycles. The van der Waals surface area contributed by atoms with Crippen LogP contribution in [0.25, 0.3) is 6.08 Å². The molecule has 0 spiro atoms. The second kappa shape index (κ2) is 7.79. The van der Waals surface area contributed by atoms with Crippen molar-refractivity contribution in [3.05, 3.63) is 58.4 Å². The van der Waals surface area contributed by atoms with Crippen LogP contribution in [0.4, 0.5) is 0 Å². The van der Waals surface area contributed by atoms with Crippen molar-refractivity contribution in [2.45, 2.75) is 20.4 Å². The van der Waals surface area contributed by atoms with Crippen molar-refractivity contribution >= 4 is 17.9 Å². The first kappa shape index (κ1) is 18.4. The van der Waals surface area contributed by atoms with E-state index in [0.29, 0.717) is 12.1 Å². The number of hydrogen-bond donors (Lipinski definition) is 1. The minimum atomic E-state index is -0.124. The van der Waals surface area contributed by atoms with Crippen LogP contribution in [-0.2, 0) is 18.4 Å². The van der Waals surface area contributed by atoms with E-state index < -0.39 is 0 Å². The highest BCUT2D eigenvalue weighted by Crippen LogP contribution is 2.14. The van der Waals surface area contributed by atoms with Crippen LogP contribution in [0.5, 0.6) is 0 Å². The van der Waals surface area contributed by atoms with Crippen molar-refractivity contribution in [2.75, 3.05) is 14.1 Å². The fraction of sp³-hybridized carbons (Fsp3) is 0.316. The maximum absolute atomic E-state index is 12.3. The molecule has 132 valence electrons. The zero-order valence-corrected chi connectivity index (χ0v) is 15.3. The van der Waals surface area contributed by atoms with Gasteiger partial charge in [-0.15, -0.1) is 0 Å². The van der Waals surface area contributed by atoms with Gasteiger partial charge in [0.15, 0.2) is 0 Å². The Morgan fingerprint density at radius 2 is 1.88 bits per heavy atom. The molecule has 0 atom stereocenters.